The molecule has 0 aromatic carbocycles. The van der Waals surface area contributed by atoms with E-state index in [1.54, 1.807) is 0 Å². The molecule has 0 saturated heterocycles. The summed E-state index contributed by atoms with van der Waals surface area (Å²) >= 11 is 0. The molecule has 0 bridgehead atoms. The molecular formula is C11H5F19NaO4P. The number of rotatable bonds is 10. The molecule has 0 saturated carbocycles. The van der Waals surface area contributed by atoms with Crippen molar-refractivity contribution < 1.29 is 132 Å². The number of alkyl halides is 19. The maximum atomic E-state index is 13.5. The van der Waals surface area contributed by atoms with E-state index in [0.717, 1.165) is 0 Å². The predicted molar refractivity (Wildman–Crippen MR) is 66.0 cm³/mol. The van der Waals surface area contributed by atoms with Crippen LogP contribution < -0.4 is 34.5 Å². The Morgan fingerprint density at radius 3 is 1.14 bits per heavy atom. The van der Waals surface area contributed by atoms with Gasteiger partial charge in [0.2, 0.25) is 0 Å². The van der Waals surface area contributed by atoms with Crippen LogP contribution in [-0.4, -0.2) is 65.1 Å². The molecule has 0 amide bonds. The normalized spacial score (nSPS) is 17.5. The monoisotopic (exact) mass is 616 g/mol. The van der Waals surface area contributed by atoms with E-state index in [0.29, 0.717) is 0 Å². The summed E-state index contributed by atoms with van der Waals surface area (Å²) in [6, 6.07) is 0. The summed E-state index contributed by atoms with van der Waals surface area (Å²) < 4.78 is 261. The first kappa shape index (κ1) is 37.9. The summed E-state index contributed by atoms with van der Waals surface area (Å²) in [4.78, 5) is 18.1. The zero-order valence-electron chi connectivity index (χ0n) is 16.2. The quantitative estimate of drug-likeness (QED) is 0.233. The summed E-state index contributed by atoms with van der Waals surface area (Å²) in [6.07, 6.45) is -20.0. The Bertz CT molecular complexity index is 801. The van der Waals surface area contributed by atoms with E-state index < -0.39 is 74.4 Å². The van der Waals surface area contributed by atoms with Gasteiger partial charge >= 0.3 is 83.1 Å². The van der Waals surface area contributed by atoms with E-state index >= 15 is 0 Å². The van der Waals surface area contributed by atoms with Gasteiger partial charge in [-0.3, -0.25) is 4.57 Å². The molecule has 25 heteroatoms. The van der Waals surface area contributed by atoms with Crippen molar-refractivity contribution in [3.05, 3.63) is 0 Å². The third-order valence-corrected chi connectivity index (χ3v) is 4.43. The molecule has 1 atom stereocenters. The molecule has 4 nitrogen and oxygen atoms in total. The predicted octanol–water partition coefficient (Wildman–Crippen LogP) is 2.50. The van der Waals surface area contributed by atoms with Gasteiger partial charge in [0.15, 0.2) is 0 Å². The van der Waals surface area contributed by atoms with Crippen molar-refractivity contribution in [3.8, 4) is 0 Å². The number of hydrogen-bond donors (Lipinski definition) is 1. The van der Waals surface area contributed by atoms with Gasteiger partial charge in [0.1, 0.15) is 0 Å². The van der Waals surface area contributed by atoms with E-state index in [4.69, 9.17) is 4.89 Å². The van der Waals surface area contributed by atoms with Crippen LogP contribution in [0.4, 0.5) is 83.4 Å². The average molecular weight is 616 g/mol. The second-order valence-electron chi connectivity index (χ2n) is 6.28. The van der Waals surface area contributed by atoms with Crippen LogP contribution in [-0.2, 0) is 9.09 Å². The van der Waals surface area contributed by atoms with Gasteiger partial charge in [-0.2, -0.15) is 79.0 Å². The molecule has 0 radical (unpaired) electrons. The minimum absolute atomic E-state index is 0. The molecule has 0 rings (SSSR count). The molecule has 0 aromatic heterocycles. The first-order valence-corrected chi connectivity index (χ1v) is 8.98. The van der Waals surface area contributed by atoms with Crippen LogP contribution >= 0.6 is 7.82 Å². The van der Waals surface area contributed by atoms with Crippen molar-refractivity contribution in [2.45, 2.75) is 60.0 Å². The van der Waals surface area contributed by atoms with Crippen molar-refractivity contribution in [2.75, 3.05) is 6.61 Å². The van der Waals surface area contributed by atoms with Gasteiger partial charge in [0.25, 0.3) is 7.82 Å². The molecule has 1 unspecified atom stereocenters. The first-order valence-electron chi connectivity index (χ1n) is 7.48. The Balaban J connectivity index is 0. The molecule has 0 aromatic rings. The Labute approximate surface area is 206 Å². The first-order chi connectivity index (χ1) is 14.7. The van der Waals surface area contributed by atoms with E-state index in [1.165, 1.54) is 0 Å². The van der Waals surface area contributed by atoms with E-state index in [9.17, 15) is 92.9 Å². The molecule has 0 aliphatic heterocycles. The topological polar surface area (TPSA) is 69.6 Å². The zero-order valence-corrected chi connectivity index (χ0v) is 19.1. The number of hydrogen-bond acceptors (Lipinski definition) is 3. The van der Waals surface area contributed by atoms with E-state index in [2.05, 4.69) is 4.52 Å². The fourth-order valence-electron chi connectivity index (χ4n) is 2.00. The SMILES string of the molecule is O=P([O-])(O)OCCC(F)(F)C(F)(F)C(F)(F)C(F)(F)C(F)(F)C(F)(F)C(F)(C(F)(F)F)C(F)(F)F.[Na+]. The fraction of sp³-hybridized carbons (Fsp3) is 1.00. The summed E-state index contributed by atoms with van der Waals surface area (Å²) in [5.41, 5.74) is -8.82. The minimum Gasteiger partial charge on any atom is -0.756 e. The van der Waals surface area contributed by atoms with Crippen LogP contribution in [0.2, 0.25) is 0 Å². The van der Waals surface area contributed by atoms with Crippen LogP contribution in [0.1, 0.15) is 6.42 Å². The molecule has 0 heterocycles. The molecular weight excluding hydrogens is 611 g/mol. The van der Waals surface area contributed by atoms with Crippen molar-refractivity contribution in [2.24, 2.45) is 0 Å². The minimum atomic E-state index is -9.13. The zero-order chi connectivity index (χ0) is 29.1. The Kier molecular flexibility index (Phi) is 10.6. The van der Waals surface area contributed by atoms with Gasteiger partial charge in [0.05, 0.1) is 6.61 Å². The van der Waals surface area contributed by atoms with Crippen LogP contribution in [0.3, 0.4) is 0 Å². The molecule has 0 aliphatic carbocycles. The molecule has 36 heavy (non-hydrogen) atoms. The second kappa shape index (κ2) is 10.1. The molecule has 0 aliphatic rings. The smallest absolute Gasteiger partial charge is 0.756 e. The second-order valence-corrected chi connectivity index (χ2v) is 7.48. The van der Waals surface area contributed by atoms with Gasteiger partial charge in [-0.1, -0.05) is 0 Å². The number of phosphoric acid groups is 1. The largest absolute Gasteiger partial charge is 1.00 e. The Hall–Kier alpha value is -0.220. The summed E-state index contributed by atoms with van der Waals surface area (Å²) in [5.74, 6) is -51.0. The Morgan fingerprint density at radius 1 is 0.583 bits per heavy atom. The van der Waals surface area contributed by atoms with Crippen molar-refractivity contribution in [3.63, 3.8) is 0 Å². The average Bonchev–Trinajstić information content (AvgIpc) is 2.56. The summed E-state index contributed by atoms with van der Waals surface area (Å²) in [6.45, 7) is -2.52. The van der Waals surface area contributed by atoms with E-state index in [1.807, 2.05) is 0 Å². The number of halogens is 19. The van der Waals surface area contributed by atoms with Crippen LogP contribution in [0.25, 0.3) is 0 Å². The standard InChI is InChI=1S/C11H6F19O4P.Na/c12-3(13,1-2-34-35(31,32)33)5(15,16)7(19,20)9(23,24)8(21,22)6(17,18)4(14,10(25,26)27)11(28,29)30;/h1-2H2,(H2,31,32,33);/q;+1/p-1. The van der Waals surface area contributed by atoms with Crippen LogP contribution in [0.5, 0.6) is 0 Å². The fourth-order valence-corrected chi connectivity index (χ4v) is 2.32. The van der Waals surface area contributed by atoms with Gasteiger partial charge in [-0.15, -0.1) is 0 Å². The molecule has 1 N–H and O–H groups in total. The molecule has 0 spiro atoms. The third-order valence-electron chi connectivity index (χ3n) is 3.92. The van der Waals surface area contributed by atoms with Crippen molar-refractivity contribution >= 4 is 7.82 Å². The van der Waals surface area contributed by atoms with Gasteiger partial charge in [-0.25, -0.2) is 4.39 Å². The molecule has 0 fully saturated rings. The van der Waals surface area contributed by atoms with Crippen LogP contribution in [0, 0.1) is 0 Å². The Morgan fingerprint density at radius 2 is 0.861 bits per heavy atom. The van der Waals surface area contributed by atoms with Crippen LogP contribution in [0.15, 0.2) is 0 Å². The third kappa shape index (κ3) is 5.70. The molecule has 212 valence electrons. The maximum absolute atomic E-state index is 13.5. The van der Waals surface area contributed by atoms with Gasteiger partial charge < -0.3 is 14.3 Å². The van der Waals surface area contributed by atoms with E-state index in [-0.39, 0.29) is 29.6 Å². The van der Waals surface area contributed by atoms with Gasteiger partial charge in [0, 0.05) is 6.42 Å². The summed E-state index contributed by atoms with van der Waals surface area (Å²) in [5, 5.41) is 0. The van der Waals surface area contributed by atoms with Gasteiger partial charge in [-0.05, 0) is 0 Å². The summed E-state index contributed by atoms with van der Waals surface area (Å²) in [7, 11) is -6.11. The number of phosphoric ester groups is 1. The van der Waals surface area contributed by atoms with Crippen molar-refractivity contribution in [1.82, 2.24) is 0 Å². The van der Waals surface area contributed by atoms with Crippen molar-refractivity contribution in [1.29, 1.82) is 0 Å². The maximum Gasteiger partial charge on any atom is 1.00 e.